The molecule has 4 heterocycles. The molecule has 20 aromatic carbocycles. The Hall–Kier alpha value is -16.0. The predicted octanol–water partition coefficient (Wildman–Crippen LogP) is 34.3. The average molecular weight is 1730 g/mol. The maximum Gasteiger partial charge on any atom is 0.137 e. The van der Waals surface area contributed by atoms with Crippen molar-refractivity contribution in [2.75, 3.05) is 29.4 Å². The molecule has 24 rings (SSSR count). The van der Waals surface area contributed by atoms with Gasteiger partial charge in [0.2, 0.25) is 0 Å². The van der Waals surface area contributed by atoms with Crippen molar-refractivity contribution < 1.29 is 0 Å². The minimum absolute atomic E-state index is 0.471. The fourth-order valence-electron chi connectivity index (χ4n) is 21.4. The molecule has 0 N–H and O–H groups in total. The highest BCUT2D eigenvalue weighted by Crippen LogP contribution is 2.53. The van der Waals surface area contributed by atoms with Crippen molar-refractivity contribution in [3.8, 4) is 0 Å². The minimum atomic E-state index is 0.471. The number of benzene rings is 20. The molecule has 0 saturated heterocycles. The molecule has 650 valence electrons. The van der Waals surface area contributed by atoms with Crippen molar-refractivity contribution in [3.63, 3.8) is 0 Å². The normalized spacial score (nSPS) is 11.9. The molecule has 0 aliphatic carbocycles. The van der Waals surface area contributed by atoms with Crippen LogP contribution in [-0.2, 0) is 0 Å². The van der Waals surface area contributed by atoms with Crippen molar-refractivity contribution in [1.29, 1.82) is 0 Å². The lowest BCUT2D eigenvalue weighted by Crippen LogP contribution is -2.37. The molecule has 10 heteroatoms. The first kappa shape index (κ1) is 83.6. The molecule has 0 saturated carbocycles. The van der Waals surface area contributed by atoms with Crippen molar-refractivity contribution in [3.05, 3.63) is 411 Å². The van der Waals surface area contributed by atoms with Gasteiger partial charge in [-0.15, -0.1) is 0 Å². The van der Waals surface area contributed by atoms with E-state index in [-0.39, 0.29) is 0 Å². The fourth-order valence-corrected chi connectivity index (χ4v) is 21.4. The summed E-state index contributed by atoms with van der Waals surface area (Å²) in [4.78, 5) is 34.6. The number of hydrogen-bond donors (Lipinski definition) is 0. The summed E-state index contributed by atoms with van der Waals surface area (Å²) in [6.07, 6.45) is 0. The molecule has 134 heavy (non-hydrogen) atoms. The number of fused-ring (bicyclic) bond motifs is 4. The van der Waals surface area contributed by atoms with E-state index in [0.29, 0.717) is 24.2 Å². The van der Waals surface area contributed by atoms with Gasteiger partial charge in [0.15, 0.2) is 0 Å². The third kappa shape index (κ3) is 15.0. The Morgan fingerprint density at radius 3 is 0.701 bits per heavy atom. The molecule has 0 radical (unpaired) electrons. The van der Waals surface area contributed by atoms with Crippen molar-refractivity contribution in [2.45, 2.75) is 107 Å². The lowest BCUT2D eigenvalue weighted by Gasteiger charge is -2.34. The first-order valence-corrected chi connectivity index (χ1v) is 47.0. The van der Waals surface area contributed by atoms with E-state index in [4.69, 9.17) is 19.9 Å². The second-order valence-corrected chi connectivity index (χ2v) is 37.0. The summed E-state index contributed by atoms with van der Waals surface area (Å²) in [5, 5.41) is 32.2. The Morgan fingerprint density at radius 1 is 0.164 bits per heavy atom. The van der Waals surface area contributed by atoms with Gasteiger partial charge in [-0.1, -0.05) is 255 Å². The van der Waals surface area contributed by atoms with Crippen LogP contribution in [0.2, 0.25) is 0 Å². The van der Waals surface area contributed by atoms with Gasteiger partial charge >= 0.3 is 0 Å². The number of anilines is 14. The van der Waals surface area contributed by atoms with Crippen LogP contribution in [0.15, 0.2) is 388 Å². The first-order valence-electron chi connectivity index (χ1n) is 47.0. The van der Waals surface area contributed by atoms with Gasteiger partial charge in [0.05, 0.1) is 34.1 Å². The molecule has 0 amide bonds. The Morgan fingerprint density at radius 2 is 0.396 bits per heavy atom. The van der Waals surface area contributed by atoms with Gasteiger partial charge in [-0.25, -0.2) is 19.9 Å². The standard InChI is InChI=1S/2C48H34N4.C28H36N2/c1-31-11-7-21-45(49-31)51(41-19-9-15-33-13-3-5-17-37(33)41)43-29-25-35-24-28-40-44(30-26-36-23-27-39(43)47(35)48(36)40)52(46-22-8-12-32(2)50-46)42-20-10-16-34-14-4-6-18-38(34)42;1-31-9-7-15-45(49-31)51(39-23-17-33-11-3-5-13-37(33)29-39)43-27-21-35-20-26-42-44(28-22-36-19-25-41(43)47(35)48(36)42)52(46-16-8-10-32(2)50-46)40-24-18-34-12-4-6-14-38(34)30-40;1-17(2)29(18(3)4)25-13-21-9-11-23-15-26(30(19(5)6)20(7)8)16-24-12-10-22(14-25)27(21)28(23)24/h2*3-30H,1-2H3;9-20H,1-8H3. The highest BCUT2D eigenvalue weighted by Gasteiger charge is 2.29. The number of aromatic nitrogens is 4. The highest BCUT2D eigenvalue weighted by molar-refractivity contribution is 6.31. The molecule has 0 fully saturated rings. The molecule has 0 aliphatic rings. The van der Waals surface area contributed by atoms with E-state index in [1.165, 1.54) is 151 Å². The Bertz CT molecular complexity index is 8020. The summed E-state index contributed by atoms with van der Waals surface area (Å²) in [6, 6.07) is 143. The third-order valence-electron chi connectivity index (χ3n) is 26.9. The summed E-state index contributed by atoms with van der Waals surface area (Å²) in [5.41, 5.74) is 15.2. The van der Waals surface area contributed by atoms with Gasteiger partial charge in [0.1, 0.15) is 23.3 Å². The number of pyridine rings is 4. The Kier molecular flexibility index (Phi) is 21.4. The smallest absolute Gasteiger partial charge is 0.137 e. The molecule has 10 nitrogen and oxygen atoms in total. The van der Waals surface area contributed by atoms with Crippen molar-refractivity contribution in [1.82, 2.24) is 19.9 Å². The van der Waals surface area contributed by atoms with E-state index in [1.54, 1.807) is 0 Å². The van der Waals surface area contributed by atoms with E-state index >= 15 is 0 Å². The Balaban J connectivity index is 0.000000122. The number of hydrogen-bond acceptors (Lipinski definition) is 10. The number of rotatable bonds is 18. The van der Waals surface area contributed by atoms with Crippen LogP contribution in [0.1, 0.15) is 78.2 Å². The van der Waals surface area contributed by atoms with Gasteiger partial charge < -0.3 is 9.80 Å². The lowest BCUT2D eigenvalue weighted by atomic mass is 9.91. The highest BCUT2D eigenvalue weighted by atomic mass is 15.2. The number of aryl methyl sites for hydroxylation is 4. The summed E-state index contributed by atoms with van der Waals surface area (Å²) < 4.78 is 0. The monoisotopic (exact) mass is 1730 g/mol. The van der Waals surface area contributed by atoms with Crippen LogP contribution in [0.25, 0.3) is 140 Å². The van der Waals surface area contributed by atoms with Crippen LogP contribution in [-0.4, -0.2) is 44.1 Å². The summed E-state index contributed by atoms with van der Waals surface area (Å²) in [5.74, 6) is 3.55. The molecule has 4 aromatic heterocycles. The van der Waals surface area contributed by atoms with E-state index < -0.39 is 0 Å². The average Bonchev–Trinajstić information content (AvgIpc) is 1.17. The molecule has 0 bridgehead atoms. The minimum Gasteiger partial charge on any atom is -0.367 e. The maximum absolute atomic E-state index is 5.09. The first-order chi connectivity index (χ1) is 65.4. The Labute approximate surface area is 782 Å². The van der Waals surface area contributed by atoms with Crippen LogP contribution in [0.3, 0.4) is 0 Å². The second kappa shape index (κ2) is 34.4. The summed E-state index contributed by atoms with van der Waals surface area (Å²) in [6.45, 7) is 26.4. The van der Waals surface area contributed by atoms with Crippen molar-refractivity contribution >= 4 is 220 Å². The summed E-state index contributed by atoms with van der Waals surface area (Å²) in [7, 11) is 0. The molecule has 0 unspecified atom stereocenters. The third-order valence-corrected chi connectivity index (χ3v) is 26.9. The maximum atomic E-state index is 5.09. The van der Waals surface area contributed by atoms with Crippen LogP contribution in [0.4, 0.5) is 80.1 Å². The van der Waals surface area contributed by atoms with Gasteiger partial charge in [-0.3, -0.25) is 19.6 Å². The van der Waals surface area contributed by atoms with Crippen LogP contribution in [0, 0.1) is 27.7 Å². The number of nitrogens with zero attached hydrogens (tertiary/aromatic N) is 10. The zero-order valence-electron chi connectivity index (χ0n) is 77.7. The van der Waals surface area contributed by atoms with E-state index in [9.17, 15) is 0 Å². The van der Waals surface area contributed by atoms with Crippen LogP contribution < -0.4 is 29.4 Å². The molecular formula is C124H104N10. The lowest BCUT2D eigenvalue weighted by molar-refractivity contribution is 0.608. The fraction of sp³-hybridized carbons (Fsp3) is 0.129. The largest absolute Gasteiger partial charge is 0.367 e. The second-order valence-electron chi connectivity index (χ2n) is 37.0. The zero-order chi connectivity index (χ0) is 91.3. The van der Waals surface area contributed by atoms with E-state index in [1.807, 2.05) is 0 Å². The topological polar surface area (TPSA) is 71.0 Å². The van der Waals surface area contributed by atoms with Gasteiger partial charge in [0.25, 0.3) is 0 Å². The zero-order valence-corrected chi connectivity index (χ0v) is 77.7. The van der Waals surface area contributed by atoms with Gasteiger partial charge in [-0.2, -0.15) is 0 Å². The predicted molar refractivity (Wildman–Crippen MR) is 575 cm³/mol. The van der Waals surface area contributed by atoms with E-state index in [2.05, 4.69) is 501 Å². The quantitative estimate of drug-likeness (QED) is 0.0776. The van der Waals surface area contributed by atoms with Crippen LogP contribution in [0.5, 0.6) is 0 Å². The summed E-state index contributed by atoms with van der Waals surface area (Å²) >= 11 is 0. The molecule has 0 aliphatic heterocycles. The van der Waals surface area contributed by atoms with Gasteiger partial charge in [-0.05, 0) is 324 Å². The van der Waals surface area contributed by atoms with Gasteiger partial charge in [0, 0.05) is 102 Å². The molecular weight excluding hydrogens is 1630 g/mol. The SMILES string of the molecule is CC(C)N(c1cc2ccc3cc(N(C(C)C)C(C)C)cc4ccc(c1)c2c34)C(C)C.Cc1cccc(N(c2ccc3ccccc3c2)c2ccc3ccc4c(N(c5ccc6ccccc6c5)c5cccc(C)n5)ccc5ccc2c3c54)n1.Cc1cccc(N(c2cccc3ccccc23)c2ccc3ccc4c(N(c5cccc(C)n5)c5cccc6ccccc56)ccc5ccc2c3c54)n1. The van der Waals surface area contributed by atoms with E-state index in [0.717, 1.165) is 91.5 Å². The molecule has 24 aromatic rings. The van der Waals surface area contributed by atoms with Crippen LogP contribution >= 0.6 is 0 Å². The molecule has 0 atom stereocenters. The molecule has 0 spiro atoms. The van der Waals surface area contributed by atoms with Crippen molar-refractivity contribution in [2.24, 2.45) is 0 Å².